The molecular weight excluding hydrogens is 551 g/mol. The number of fused-ring (bicyclic) bond motifs is 8. The molecule has 45 heavy (non-hydrogen) atoms. The average molecular weight is 576 g/mol. The fourth-order valence-corrected chi connectivity index (χ4v) is 7.43. The number of anilines is 6. The van der Waals surface area contributed by atoms with E-state index in [9.17, 15) is 0 Å². The quantitative estimate of drug-likeness (QED) is 0.197. The predicted molar refractivity (Wildman–Crippen MR) is 185 cm³/mol. The molecule has 0 bridgehead atoms. The molecule has 0 aliphatic carbocycles. The molecule has 8 aromatic rings. The maximum atomic E-state index is 6.91. The zero-order valence-corrected chi connectivity index (χ0v) is 24.2. The average Bonchev–Trinajstić information content (AvgIpc) is 3.68. The Morgan fingerprint density at radius 2 is 0.933 bits per heavy atom. The van der Waals surface area contributed by atoms with Crippen LogP contribution in [0.1, 0.15) is 0 Å². The van der Waals surface area contributed by atoms with Gasteiger partial charge in [0.25, 0.3) is 0 Å². The highest BCUT2D eigenvalue weighted by Crippen LogP contribution is 2.49. The smallest absolute Gasteiger partial charge is 0.342 e. The predicted octanol–water partition coefficient (Wildman–Crippen LogP) is 8.93. The first-order valence-electron chi connectivity index (χ1n) is 15.3. The molecule has 0 fully saturated rings. The fraction of sp³-hybridized carbons (Fsp3) is 0. The van der Waals surface area contributed by atoms with Crippen molar-refractivity contribution in [2.75, 3.05) is 9.80 Å². The highest BCUT2D eigenvalue weighted by molar-refractivity contribution is 6.99. The first-order valence-corrected chi connectivity index (χ1v) is 15.3. The Hall–Kier alpha value is -5.94. The highest BCUT2D eigenvalue weighted by Gasteiger charge is 2.49. The number of benzene rings is 6. The van der Waals surface area contributed by atoms with E-state index in [1.807, 2.05) is 12.1 Å². The molecule has 0 amide bonds. The van der Waals surface area contributed by atoms with Gasteiger partial charge in [0.2, 0.25) is 0 Å². The van der Waals surface area contributed by atoms with Crippen molar-refractivity contribution in [1.29, 1.82) is 0 Å². The minimum absolute atomic E-state index is 0.221. The molecule has 4 nitrogen and oxygen atoms in total. The molecule has 6 aromatic carbocycles. The third-order valence-corrected chi connectivity index (χ3v) is 9.24. The van der Waals surface area contributed by atoms with Crippen molar-refractivity contribution in [3.05, 3.63) is 152 Å². The van der Waals surface area contributed by atoms with Gasteiger partial charge in [-0.15, -0.1) is 0 Å². The van der Waals surface area contributed by atoms with E-state index in [0.29, 0.717) is 0 Å². The maximum Gasteiger partial charge on any atom is 0.342 e. The van der Waals surface area contributed by atoms with E-state index in [4.69, 9.17) is 8.83 Å². The summed E-state index contributed by atoms with van der Waals surface area (Å²) in [5, 5.41) is 2.16. The third kappa shape index (κ3) is 3.38. The Morgan fingerprint density at radius 1 is 0.422 bits per heavy atom. The van der Waals surface area contributed by atoms with E-state index in [1.54, 1.807) is 0 Å². The minimum atomic E-state index is -0.221. The zero-order valence-electron chi connectivity index (χ0n) is 24.2. The number of furan rings is 2. The first-order chi connectivity index (χ1) is 22.4. The van der Waals surface area contributed by atoms with Crippen LogP contribution >= 0.6 is 0 Å². The van der Waals surface area contributed by atoms with E-state index in [2.05, 4.69) is 149 Å². The van der Waals surface area contributed by atoms with Gasteiger partial charge in [-0.3, -0.25) is 0 Å². The summed E-state index contributed by atoms with van der Waals surface area (Å²) < 4.78 is 13.8. The fourth-order valence-electron chi connectivity index (χ4n) is 7.43. The van der Waals surface area contributed by atoms with Crippen LogP contribution in [0.15, 0.2) is 160 Å². The molecule has 4 heterocycles. The molecule has 10 rings (SSSR count). The molecule has 0 N–H and O–H groups in total. The first kappa shape index (κ1) is 24.5. The van der Waals surface area contributed by atoms with Gasteiger partial charge < -0.3 is 18.6 Å². The summed E-state index contributed by atoms with van der Waals surface area (Å²) in [5.41, 5.74) is 13.6. The third-order valence-electron chi connectivity index (χ3n) is 9.24. The van der Waals surface area contributed by atoms with Crippen LogP contribution in [0, 0.1) is 0 Å². The van der Waals surface area contributed by atoms with Crippen molar-refractivity contribution in [3.8, 4) is 11.1 Å². The molecular formula is C40H25BN2O2. The Bertz CT molecular complexity index is 2410. The van der Waals surface area contributed by atoms with Crippen LogP contribution in [0.3, 0.4) is 0 Å². The van der Waals surface area contributed by atoms with Crippen LogP contribution in [0.5, 0.6) is 0 Å². The lowest BCUT2D eigenvalue weighted by Crippen LogP contribution is -2.60. The number of hydrogen-bond acceptors (Lipinski definition) is 4. The monoisotopic (exact) mass is 576 g/mol. The van der Waals surface area contributed by atoms with E-state index < -0.39 is 0 Å². The second-order valence-electron chi connectivity index (χ2n) is 11.7. The van der Waals surface area contributed by atoms with Crippen molar-refractivity contribution >= 4 is 79.6 Å². The summed E-state index contributed by atoms with van der Waals surface area (Å²) >= 11 is 0. The van der Waals surface area contributed by atoms with Gasteiger partial charge in [-0.25, -0.2) is 0 Å². The Balaban J connectivity index is 1.35. The van der Waals surface area contributed by atoms with Gasteiger partial charge in [0, 0.05) is 33.4 Å². The van der Waals surface area contributed by atoms with Crippen LogP contribution in [-0.2, 0) is 0 Å². The number of para-hydroxylation sites is 4. The van der Waals surface area contributed by atoms with Gasteiger partial charge in [0.15, 0.2) is 0 Å². The van der Waals surface area contributed by atoms with Crippen LogP contribution in [0.2, 0.25) is 0 Å². The Morgan fingerprint density at radius 3 is 1.62 bits per heavy atom. The number of hydrogen-bond donors (Lipinski definition) is 0. The maximum absolute atomic E-state index is 6.91. The zero-order chi connectivity index (χ0) is 29.5. The van der Waals surface area contributed by atoms with E-state index in [0.717, 1.165) is 72.9 Å². The summed E-state index contributed by atoms with van der Waals surface area (Å²) in [4.78, 5) is 4.78. The lowest BCUT2D eigenvalue weighted by atomic mass is 9.37. The molecule has 0 radical (unpaired) electrons. The van der Waals surface area contributed by atoms with Crippen molar-refractivity contribution < 1.29 is 8.83 Å². The second kappa shape index (κ2) is 9.28. The molecule has 0 saturated carbocycles. The highest BCUT2D eigenvalue weighted by atomic mass is 16.3. The van der Waals surface area contributed by atoms with Gasteiger partial charge in [0.1, 0.15) is 22.5 Å². The standard InChI is InChI=1S/C40H25BN2O2/c1-3-14-26(15-4-1)28-18-7-10-21-31(28)43-33-23-13-22-32-36(33)41(40-38(43)30-20-9-12-25-35(30)45-40)39-37(29-19-8-11-24-34(29)44-39)42(32)27-16-5-2-6-17-27/h1-25H. The van der Waals surface area contributed by atoms with Crippen molar-refractivity contribution in [3.63, 3.8) is 0 Å². The molecule has 210 valence electrons. The molecule has 2 aliphatic heterocycles. The van der Waals surface area contributed by atoms with E-state index in [1.165, 1.54) is 11.0 Å². The molecule has 0 unspecified atom stereocenters. The van der Waals surface area contributed by atoms with Crippen molar-refractivity contribution in [1.82, 2.24) is 0 Å². The lowest BCUT2D eigenvalue weighted by molar-refractivity contribution is 0.637. The molecule has 2 aromatic heterocycles. The van der Waals surface area contributed by atoms with Crippen LogP contribution in [-0.4, -0.2) is 6.71 Å². The molecule has 0 spiro atoms. The molecule has 2 aliphatic rings. The van der Waals surface area contributed by atoms with Gasteiger partial charge in [-0.05, 0) is 65.6 Å². The van der Waals surface area contributed by atoms with Gasteiger partial charge in [-0.2, -0.15) is 0 Å². The topological polar surface area (TPSA) is 32.8 Å². The van der Waals surface area contributed by atoms with Crippen LogP contribution in [0.25, 0.3) is 33.1 Å². The summed E-state index contributed by atoms with van der Waals surface area (Å²) in [7, 11) is 0. The summed E-state index contributed by atoms with van der Waals surface area (Å²) in [6.45, 7) is -0.221. The number of nitrogens with zero attached hydrogens (tertiary/aromatic N) is 2. The second-order valence-corrected chi connectivity index (χ2v) is 11.7. The SMILES string of the molecule is c1ccc(-c2ccccc2N2c3cccc4c3B(c3oc5ccccc5c3N4c3ccccc3)c3oc4ccccc4c32)cc1. The summed E-state index contributed by atoms with van der Waals surface area (Å²) in [5.74, 6) is 0. The van der Waals surface area contributed by atoms with Gasteiger partial charge in [0.05, 0.1) is 17.1 Å². The van der Waals surface area contributed by atoms with E-state index >= 15 is 0 Å². The normalized spacial score (nSPS) is 13.2. The molecule has 0 saturated heterocycles. The summed E-state index contributed by atoms with van der Waals surface area (Å²) in [6.07, 6.45) is 0. The molecule has 0 atom stereocenters. The lowest BCUT2D eigenvalue weighted by Gasteiger charge is -2.41. The Labute approximate surface area is 260 Å². The van der Waals surface area contributed by atoms with Crippen LogP contribution < -0.4 is 26.6 Å². The minimum Gasteiger partial charge on any atom is -0.468 e. The van der Waals surface area contributed by atoms with Gasteiger partial charge >= 0.3 is 6.71 Å². The summed E-state index contributed by atoms with van der Waals surface area (Å²) in [6, 6.07) is 53.3. The van der Waals surface area contributed by atoms with Crippen molar-refractivity contribution in [2.45, 2.75) is 0 Å². The van der Waals surface area contributed by atoms with E-state index in [-0.39, 0.29) is 6.71 Å². The van der Waals surface area contributed by atoms with Gasteiger partial charge in [-0.1, -0.05) is 97.1 Å². The van der Waals surface area contributed by atoms with Crippen LogP contribution in [0.4, 0.5) is 34.1 Å². The largest absolute Gasteiger partial charge is 0.468 e. The molecule has 5 heteroatoms. The number of rotatable bonds is 3. The van der Waals surface area contributed by atoms with Crippen molar-refractivity contribution in [2.24, 2.45) is 0 Å². The Kier molecular flexibility index (Phi) is 5.05.